The SMILES string of the molecule is Cn1cc([C@@H](NC(=O)c2cc(F)c3cnc(CC4CCOCC4)nc3c2)c2ccc(F)c(Cl)c2)cn1. The summed E-state index contributed by atoms with van der Waals surface area (Å²) in [5.74, 6) is -0.645. The summed E-state index contributed by atoms with van der Waals surface area (Å²) >= 11 is 6.00. The average Bonchev–Trinajstić information content (AvgIpc) is 3.30. The molecule has 2 aromatic carbocycles. The molecule has 1 fully saturated rings. The lowest BCUT2D eigenvalue weighted by atomic mass is 9.96. The van der Waals surface area contributed by atoms with Crippen molar-refractivity contribution in [3.63, 3.8) is 0 Å². The predicted molar refractivity (Wildman–Crippen MR) is 131 cm³/mol. The summed E-state index contributed by atoms with van der Waals surface area (Å²) in [6, 6.07) is 6.26. The van der Waals surface area contributed by atoms with Crippen molar-refractivity contribution in [3.8, 4) is 0 Å². The van der Waals surface area contributed by atoms with Crippen LogP contribution in [0.2, 0.25) is 5.02 Å². The van der Waals surface area contributed by atoms with Gasteiger partial charge in [0.2, 0.25) is 0 Å². The van der Waals surface area contributed by atoms with Gasteiger partial charge in [-0.15, -0.1) is 0 Å². The third kappa shape index (κ3) is 5.22. The van der Waals surface area contributed by atoms with Gasteiger partial charge in [0.1, 0.15) is 17.5 Å². The lowest BCUT2D eigenvalue weighted by molar-refractivity contribution is 0.0660. The number of carbonyl (C=O) groups excluding carboxylic acids is 1. The Morgan fingerprint density at radius 1 is 1.17 bits per heavy atom. The second-order valence-electron chi connectivity index (χ2n) is 8.96. The fourth-order valence-electron chi connectivity index (χ4n) is 4.42. The minimum atomic E-state index is -0.683. The fraction of sp³-hybridized carbons (Fsp3) is 0.308. The molecule has 0 aliphatic carbocycles. The van der Waals surface area contributed by atoms with E-state index < -0.39 is 23.6 Å². The number of hydrogen-bond donors (Lipinski definition) is 1. The Hall–Kier alpha value is -3.43. The van der Waals surface area contributed by atoms with Crippen LogP contribution in [0.3, 0.4) is 0 Å². The van der Waals surface area contributed by atoms with Crippen molar-refractivity contribution in [1.82, 2.24) is 25.1 Å². The molecule has 36 heavy (non-hydrogen) atoms. The number of aryl methyl sites for hydroxylation is 1. The van der Waals surface area contributed by atoms with E-state index in [2.05, 4.69) is 20.4 Å². The third-order valence-corrected chi connectivity index (χ3v) is 6.67. The van der Waals surface area contributed by atoms with Gasteiger partial charge in [-0.25, -0.2) is 18.7 Å². The number of nitrogens with zero attached hydrogens (tertiary/aromatic N) is 4. The number of ether oxygens (including phenoxy) is 1. The summed E-state index contributed by atoms with van der Waals surface area (Å²) in [7, 11) is 1.75. The highest BCUT2D eigenvalue weighted by atomic mass is 35.5. The van der Waals surface area contributed by atoms with E-state index in [9.17, 15) is 13.6 Å². The number of benzene rings is 2. The Bertz CT molecular complexity index is 1420. The molecule has 1 amide bonds. The summed E-state index contributed by atoms with van der Waals surface area (Å²) in [6.07, 6.45) is 7.33. The average molecular weight is 512 g/mol. The van der Waals surface area contributed by atoms with Crippen LogP contribution in [0.4, 0.5) is 8.78 Å². The van der Waals surface area contributed by atoms with Crippen molar-refractivity contribution < 1.29 is 18.3 Å². The van der Waals surface area contributed by atoms with Crippen molar-refractivity contribution >= 4 is 28.4 Å². The molecule has 1 aliphatic heterocycles. The highest BCUT2D eigenvalue weighted by molar-refractivity contribution is 6.30. The van der Waals surface area contributed by atoms with Crippen LogP contribution >= 0.6 is 11.6 Å². The first-order valence-electron chi connectivity index (χ1n) is 11.6. The van der Waals surface area contributed by atoms with E-state index >= 15 is 0 Å². The number of rotatable bonds is 6. The third-order valence-electron chi connectivity index (χ3n) is 6.38. The minimum Gasteiger partial charge on any atom is -0.381 e. The van der Waals surface area contributed by atoms with Crippen LogP contribution in [0.15, 0.2) is 48.9 Å². The van der Waals surface area contributed by atoms with Crippen LogP contribution in [0, 0.1) is 17.6 Å². The lowest BCUT2D eigenvalue weighted by Crippen LogP contribution is -2.29. The molecule has 1 saturated heterocycles. The lowest BCUT2D eigenvalue weighted by Gasteiger charge is -2.21. The normalized spacial score (nSPS) is 15.2. The topological polar surface area (TPSA) is 81.9 Å². The summed E-state index contributed by atoms with van der Waals surface area (Å²) < 4.78 is 35.7. The molecule has 1 aliphatic rings. The second-order valence-corrected chi connectivity index (χ2v) is 9.37. The van der Waals surface area contributed by atoms with Crippen LogP contribution in [0.5, 0.6) is 0 Å². The molecule has 3 heterocycles. The van der Waals surface area contributed by atoms with Gasteiger partial charge < -0.3 is 10.1 Å². The largest absolute Gasteiger partial charge is 0.381 e. The summed E-state index contributed by atoms with van der Waals surface area (Å²) in [5.41, 5.74) is 1.69. The maximum absolute atomic E-state index is 14.9. The predicted octanol–water partition coefficient (Wildman–Crippen LogP) is 4.78. The Morgan fingerprint density at radius 3 is 2.69 bits per heavy atom. The number of nitrogens with one attached hydrogen (secondary N) is 1. The van der Waals surface area contributed by atoms with Crippen molar-refractivity contribution in [2.24, 2.45) is 13.0 Å². The van der Waals surface area contributed by atoms with E-state index in [1.807, 2.05) is 0 Å². The molecule has 7 nitrogen and oxygen atoms in total. The molecule has 0 radical (unpaired) electrons. The molecule has 1 N–H and O–H groups in total. The zero-order valence-corrected chi connectivity index (χ0v) is 20.3. The van der Waals surface area contributed by atoms with Crippen LogP contribution in [-0.4, -0.2) is 38.9 Å². The Labute approximate surface area is 211 Å². The van der Waals surface area contributed by atoms with Crippen molar-refractivity contribution in [2.45, 2.75) is 25.3 Å². The molecule has 2 aromatic heterocycles. The second kappa shape index (κ2) is 10.3. The molecule has 1 atom stereocenters. The number of amides is 1. The van der Waals surface area contributed by atoms with Gasteiger partial charge in [-0.1, -0.05) is 17.7 Å². The molecule has 5 rings (SSSR count). The van der Waals surface area contributed by atoms with Crippen molar-refractivity contribution in [1.29, 1.82) is 0 Å². The molecule has 0 spiro atoms. The molecule has 0 bridgehead atoms. The number of fused-ring (bicyclic) bond motifs is 1. The molecule has 0 unspecified atom stereocenters. The van der Waals surface area contributed by atoms with Gasteiger partial charge in [0, 0.05) is 50.2 Å². The van der Waals surface area contributed by atoms with E-state index in [-0.39, 0.29) is 16.0 Å². The smallest absolute Gasteiger partial charge is 0.252 e. The number of carbonyl (C=O) groups is 1. The first-order chi connectivity index (χ1) is 17.4. The van der Waals surface area contributed by atoms with Crippen LogP contribution in [0.25, 0.3) is 10.9 Å². The zero-order chi connectivity index (χ0) is 25.2. The Morgan fingerprint density at radius 2 is 1.97 bits per heavy atom. The molecule has 10 heteroatoms. The quantitative estimate of drug-likeness (QED) is 0.403. The zero-order valence-electron chi connectivity index (χ0n) is 19.5. The molecule has 0 saturated carbocycles. The van der Waals surface area contributed by atoms with Gasteiger partial charge in [0.25, 0.3) is 5.91 Å². The van der Waals surface area contributed by atoms with Gasteiger partial charge in [0.05, 0.1) is 28.2 Å². The Balaban J connectivity index is 1.44. The molecule has 4 aromatic rings. The van der Waals surface area contributed by atoms with Gasteiger partial charge in [-0.05, 0) is 48.6 Å². The van der Waals surface area contributed by atoms with Crippen molar-refractivity contribution in [2.75, 3.05) is 13.2 Å². The van der Waals surface area contributed by atoms with E-state index in [4.69, 9.17) is 16.3 Å². The minimum absolute atomic E-state index is 0.0684. The number of hydrogen-bond acceptors (Lipinski definition) is 5. The van der Waals surface area contributed by atoms with Crippen molar-refractivity contribution in [3.05, 3.63) is 88.1 Å². The van der Waals surface area contributed by atoms with Gasteiger partial charge >= 0.3 is 0 Å². The molecule has 186 valence electrons. The van der Waals surface area contributed by atoms with Crippen LogP contribution in [-0.2, 0) is 18.2 Å². The summed E-state index contributed by atoms with van der Waals surface area (Å²) in [6.45, 7) is 1.43. The highest BCUT2D eigenvalue weighted by Crippen LogP contribution is 2.27. The summed E-state index contributed by atoms with van der Waals surface area (Å²) in [4.78, 5) is 22.2. The summed E-state index contributed by atoms with van der Waals surface area (Å²) in [5, 5.41) is 7.25. The van der Waals surface area contributed by atoms with E-state index in [1.54, 1.807) is 30.2 Å². The first-order valence-corrected chi connectivity index (χ1v) is 12.0. The van der Waals surface area contributed by atoms with E-state index in [0.29, 0.717) is 48.0 Å². The monoisotopic (exact) mass is 511 g/mol. The van der Waals surface area contributed by atoms with Gasteiger partial charge in [-0.2, -0.15) is 5.10 Å². The number of aromatic nitrogens is 4. The van der Waals surface area contributed by atoms with E-state index in [0.717, 1.165) is 18.9 Å². The van der Waals surface area contributed by atoms with Crippen LogP contribution in [0.1, 0.15) is 46.2 Å². The molecular weight excluding hydrogens is 488 g/mol. The van der Waals surface area contributed by atoms with Gasteiger partial charge in [0.15, 0.2) is 0 Å². The first kappa shape index (κ1) is 24.3. The fourth-order valence-corrected chi connectivity index (χ4v) is 4.61. The standard InChI is InChI=1S/C26H24ClF2N5O2/c1-34-14-18(12-31-34)25(16-2-3-21(28)20(27)9-16)33-26(35)17-10-22(29)19-13-30-24(32-23(19)11-17)8-15-4-6-36-7-5-15/h2-3,9-15,25H,4-8H2,1H3,(H,33,35)/t25-/m0/s1. The van der Waals surface area contributed by atoms with Gasteiger partial charge in [-0.3, -0.25) is 9.48 Å². The molecular formula is C26H24ClF2N5O2. The maximum atomic E-state index is 14.9. The maximum Gasteiger partial charge on any atom is 0.252 e. The van der Waals surface area contributed by atoms with Crippen LogP contribution < -0.4 is 5.32 Å². The highest BCUT2D eigenvalue weighted by Gasteiger charge is 2.22. The Kier molecular flexibility index (Phi) is 6.93. The van der Waals surface area contributed by atoms with E-state index in [1.165, 1.54) is 24.4 Å². The number of halogens is 3.